The number of nitrogens with one attached hydrogen (secondary N) is 2. The number of amides is 1. The van der Waals surface area contributed by atoms with E-state index < -0.39 is 0 Å². The van der Waals surface area contributed by atoms with Crippen molar-refractivity contribution in [2.45, 2.75) is 43.6 Å². The van der Waals surface area contributed by atoms with Crippen LogP contribution >= 0.6 is 11.8 Å². The number of hydrogen-bond donors (Lipinski definition) is 2. The van der Waals surface area contributed by atoms with Crippen molar-refractivity contribution in [3.8, 4) is 5.75 Å². The van der Waals surface area contributed by atoms with Crippen LogP contribution in [0, 0.1) is 0 Å². The van der Waals surface area contributed by atoms with Gasteiger partial charge in [0.05, 0.1) is 35.3 Å². The van der Waals surface area contributed by atoms with Crippen molar-refractivity contribution in [1.29, 1.82) is 0 Å². The maximum Gasteiger partial charge on any atom is 0.270 e. The van der Waals surface area contributed by atoms with E-state index in [0.717, 1.165) is 34.9 Å². The van der Waals surface area contributed by atoms with E-state index >= 15 is 0 Å². The Kier molecular flexibility index (Phi) is 5.29. The molecule has 2 unspecified atom stereocenters. The Morgan fingerprint density at radius 2 is 1.94 bits per heavy atom. The van der Waals surface area contributed by atoms with Crippen molar-refractivity contribution >= 4 is 34.3 Å². The molecular weight excluding hydrogens is 426 g/mol. The summed E-state index contributed by atoms with van der Waals surface area (Å²) in [5.41, 5.74) is 1.15. The Balaban J connectivity index is 1.67. The highest BCUT2D eigenvalue weighted by atomic mass is 32.2. The number of aromatic nitrogens is 2. The molecule has 0 radical (unpaired) electrons. The summed E-state index contributed by atoms with van der Waals surface area (Å²) in [4.78, 5) is 25.9. The Hall–Kier alpha value is -2.71. The minimum absolute atomic E-state index is 0.0480. The number of aromatic amines is 1. The first-order valence-corrected chi connectivity index (χ1v) is 11.9. The lowest BCUT2D eigenvalue weighted by atomic mass is 9.94. The standard InChI is InChI=1S/C24H27N3O4S/c1-24(2)12-14(10-11-31-24)27-22-20(23(29)26-27)21(32-13-19(28)25-22)17-8-9-18(30-3)16-7-5-4-6-15(16)17/h4-9,14,21H,10-13H2,1-3H3,(H,25,28)(H,26,29). The highest BCUT2D eigenvalue weighted by Gasteiger charge is 2.36. The van der Waals surface area contributed by atoms with E-state index in [-0.39, 0.29) is 34.1 Å². The van der Waals surface area contributed by atoms with E-state index in [4.69, 9.17) is 9.47 Å². The fraction of sp³-hybridized carbons (Fsp3) is 0.417. The molecule has 8 heteroatoms. The number of benzene rings is 2. The van der Waals surface area contributed by atoms with Gasteiger partial charge in [-0.15, -0.1) is 11.8 Å². The molecule has 0 spiro atoms. The first kappa shape index (κ1) is 21.2. The Bertz CT molecular complexity index is 1250. The highest BCUT2D eigenvalue weighted by Crippen LogP contribution is 2.45. The SMILES string of the molecule is COc1ccc(C2SCC(=O)Nc3c2c(=O)[nH]n3C2CCOC(C)(C)C2)c2ccccc12. The van der Waals surface area contributed by atoms with Crippen LogP contribution in [0.5, 0.6) is 5.75 Å². The normalized spacial score (nSPS) is 22.8. The van der Waals surface area contributed by atoms with Crippen LogP contribution in [-0.4, -0.2) is 40.8 Å². The quantitative estimate of drug-likeness (QED) is 0.620. The zero-order valence-corrected chi connectivity index (χ0v) is 19.3. The van der Waals surface area contributed by atoms with Gasteiger partial charge in [0, 0.05) is 12.0 Å². The monoisotopic (exact) mass is 453 g/mol. The lowest BCUT2D eigenvalue weighted by molar-refractivity contribution is -0.113. The molecule has 5 rings (SSSR count). The summed E-state index contributed by atoms with van der Waals surface area (Å²) in [7, 11) is 1.66. The molecule has 168 valence electrons. The van der Waals surface area contributed by atoms with Gasteiger partial charge in [0.1, 0.15) is 11.6 Å². The van der Waals surface area contributed by atoms with Crippen molar-refractivity contribution in [2.75, 3.05) is 24.8 Å². The van der Waals surface area contributed by atoms with Crippen LogP contribution in [0.4, 0.5) is 5.82 Å². The number of carbonyl (C=O) groups is 1. The average Bonchev–Trinajstić information content (AvgIpc) is 2.98. The molecule has 2 aromatic carbocycles. The molecule has 0 aliphatic carbocycles. The highest BCUT2D eigenvalue weighted by molar-refractivity contribution is 8.00. The lowest BCUT2D eigenvalue weighted by Crippen LogP contribution is -2.36. The molecule has 0 bridgehead atoms. The molecule has 2 atom stereocenters. The zero-order valence-electron chi connectivity index (χ0n) is 18.4. The molecule has 7 nitrogen and oxygen atoms in total. The van der Waals surface area contributed by atoms with Crippen LogP contribution < -0.4 is 15.6 Å². The Morgan fingerprint density at radius 1 is 1.16 bits per heavy atom. The molecule has 32 heavy (non-hydrogen) atoms. The van der Waals surface area contributed by atoms with Gasteiger partial charge >= 0.3 is 0 Å². The Labute approximate surface area is 190 Å². The fourth-order valence-electron chi connectivity index (χ4n) is 4.88. The molecule has 1 fully saturated rings. The van der Waals surface area contributed by atoms with Crippen LogP contribution in [-0.2, 0) is 9.53 Å². The summed E-state index contributed by atoms with van der Waals surface area (Å²) in [5, 5.41) is 7.77. The zero-order chi connectivity index (χ0) is 22.5. The molecule has 1 saturated heterocycles. The van der Waals surface area contributed by atoms with Gasteiger partial charge in [-0.1, -0.05) is 30.3 Å². The molecule has 0 saturated carbocycles. The van der Waals surface area contributed by atoms with Gasteiger partial charge < -0.3 is 14.8 Å². The van der Waals surface area contributed by atoms with Crippen LogP contribution in [0.3, 0.4) is 0 Å². The topological polar surface area (TPSA) is 85.4 Å². The van der Waals surface area contributed by atoms with E-state index in [1.807, 2.05) is 41.1 Å². The third-order valence-corrected chi connectivity index (χ3v) is 7.57. The number of thioether (sulfide) groups is 1. The first-order chi connectivity index (χ1) is 15.4. The van der Waals surface area contributed by atoms with E-state index in [1.165, 1.54) is 11.8 Å². The van der Waals surface area contributed by atoms with E-state index in [0.29, 0.717) is 18.0 Å². The Morgan fingerprint density at radius 3 is 2.69 bits per heavy atom. The number of hydrogen-bond acceptors (Lipinski definition) is 5. The number of methoxy groups -OCH3 is 1. The predicted molar refractivity (Wildman–Crippen MR) is 127 cm³/mol. The third-order valence-electron chi connectivity index (χ3n) is 6.32. The molecule has 1 amide bonds. The van der Waals surface area contributed by atoms with Crippen LogP contribution in [0.25, 0.3) is 10.8 Å². The smallest absolute Gasteiger partial charge is 0.270 e. The number of carbonyl (C=O) groups excluding carboxylic acids is 1. The third kappa shape index (κ3) is 3.61. The molecule has 1 aromatic heterocycles. The number of anilines is 1. The summed E-state index contributed by atoms with van der Waals surface area (Å²) in [5.74, 6) is 1.54. The lowest BCUT2D eigenvalue weighted by Gasteiger charge is -2.36. The second-order valence-corrected chi connectivity index (χ2v) is 10.1. The summed E-state index contributed by atoms with van der Waals surface area (Å²) in [6, 6.07) is 12.0. The summed E-state index contributed by atoms with van der Waals surface area (Å²) < 4.78 is 13.3. The van der Waals surface area contributed by atoms with E-state index in [1.54, 1.807) is 7.11 Å². The van der Waals surface area contributed by atoms with Gasteiger partial charge in [0.25, 0.3) is 5.56 Å². The number of nitrogens with zero attached hydrogens (tertiary/aromatic N) is 1. The molecule has 3 heterocycles. The maximum absolute atomic E-state index is 13.3. The van der Waals surface area contributed by atoms with Crippen molar-refractivity contribution in [2.24, 2.45) is 0 Å². The molecule has 2 N–H and O–H groups in total. The van der Waals surface area contributed by atoms with Crippen molar-refractivity contribution in [3.63, 3.8) is 0 Å². The minimum atomic E-state index is -0.286. The van der Waals surface area contributed by atoms with Crippen molar-refractivity contribution in [3.05, 3.63) is 57.9 Å². The predicted octanol–water partition coefficient (Wildman–Crippen LogP) is 4.24. The van der Waals surface area contributed by atoms with Gasteiger partial charge in [0.2, 0.25) is 5.91 Å². The number of rotatable bonds is 3. The second kappa shape index (κ2) is 8.01. The largest absolute Gasteiger partial charge is 0.496 e. The second-order valence-electron chi connectivity index (χ2n) is 8.97. The first-order valence-electron chi connectivity index (χ1n) is 10.8. The van der Waals surface area contributed by atoms with Crippen molar-refractivity contribution in [1.82, 2.24) is 9.78 Å². The van der Waals surface area contributed by atoms with Crippen LogP contribution in [0.2, 0.25) is 0 Å². The average molecular weight is 454 g/mol. The fourth-order valence-corrected chi connectivity index (χ4v) is 6.05. The summed E-state index contributed by atoms with van der Waals surface area (Å²) in [6.07, 6.45) is 1.53. The summed E-state index contributed by atoms with van der Waals surface area (Å²) >= 11 is 1.48. The molecule has 2 aliphatic rings. The van der Waals surface area contributed by atoms with Gasteiger partial charge in [-0.25, -0.2) is 0 Å². The summed E-state index contributed by atoms with van der Waals surface area (Å²) in [6.45, 7) is 4.72. The van der Waals surface area contributed by atoms with E-state index in [2.05, 4.69) is 24.3 Å². The number of H-pyrrole nitrogens is 1. The van der Waals surface area contributed by atoms with Crippen LogP contribution in [0.1, 0.15) is 49.1 Å². The van der Waals surface area contributed by atoms with Gasteiger partial charge in [-0.05, 0) is 43.7 Å². The minimum Gasteiger partial charge on any atom is -0.496 e. The van der Waals surface area contributed by atoms with Crippen molar-refractivity contribution < 1.29 is 14.3 Å². The maximum atomic E-state index is 13.3. The molecule has 2 aliphatic heterocycles. The molecule has 3 aromatic rings. The van der Waals surface area contributed by atoms with Gasteiger partial charge in [-0.2, -0.15) is 0 Å². The van der Waals surface area contributed by atoms with Gasteiger partial charge in [0.15, 0.2) is 0 Å². The number of fused-ring (bicyclic) bond motifs is 2. The molecular formula is C24H27N3O4S. The van der Waals surface area contributed by atoms with Crippen LogP contribution in [0.15, 0.2) is 41.2 Å². The van der Waals surface area contributed by atoms with E-state index in [9.17, 15) is 9.59 Å². The number of ether oxygens (including phenoxy) is 2. The van der Waals surface area contributed by atoms with Gasteiger partial charge in [-0.3, -0.25) is 19.4 Å².